The lowest BCUT2D eigenvalue weighted by molar-refractivity contribution is 0.316. The van der Waals surface area contributed by atoms with Gasteiger partial charge in [-0.1, -0.05) is 52.0 Å². The summed E-state index contributed by atoms with van der Waals surface area (Å²) in [6.45, 7) is 12.6. The van der Waals surface area contributed by atoms with E-state index in [1.54, 1.807) is 10.6 Å². The van der Waals surface area contributed by atoms with E-state index in [9.17, 15) is 9.18 Å². The highest BCUT2D eigenvalue weighted by molar-refractivity contribution is 5.86. The molecule has 34 heavy (non-hydrogen) atoms. The Labute approximate surface area is 201 Å². The zero-order valence-electron chi connectivity index (χ0n) is 20.7. The van der Waals surface area contributed by atoms with Crippen LogP contribution >= 0.6 is 0 Å². The molecular weight excluding hydrogens is 427 g/mol. The first-order valence-corrected chi connectivity index (χ1v) is 12.4. The molecule has 0 spiro atoms. The fourth-order valence-electron chi connectivity index (χ4n) is 4.62. The van der Waals surface area contributed by atoms with Crippen LogP contribution in [0, 0.1) is 11.7 Å². The zero-order chi connectivity index (χ0) is 24.2. The highest BCUT2D eigenvalue weighted by Gasteiger charge is 2.22. The maximum absolute atomic E-state index is 14.8. The molecule has 0 saturated heterocycles. The van der Waals surface area contributed by atoms with Gasteiger partial charge in [0.2, 0.25) is 0 Å². The largest absolute Gasteiger partial charge is 0.381 e. The van der Waals surface area contributed by atoms with Gasteiger partial charge in [-0.05, 0) is 66.8 Å². The maximum Gasteiger partial charge on any atom is 0.261 e. The van der Waals surface area contributed by atoms with Crippen LogP contribution in [0.4, 0.5) is 10.1 Å². The minimum atomic E-state index is -0.415. The molecule has 0 amide bonds. The molecule has 1 aromatic heterocycles. The van der Waals surface area contributed by atoms with Gasteiger partial charge in [0.25, 0.3) is 5.56 Å². The summed E-state index contributed by atoms with van der Waals surface area (Å²) < 4.78 is 16.4. The summed E-state index contributed by atoms with van der Waals surface area (Å²) in [6.07, 6.45) is 3.91. The van der Waals surface area contributed by atoms with Gasteiger partial charge in [-0.25, -0.2) is 9.37 Å². The summed E-state index contributed by atoms with van der Waals surface area (Å²) in [5.41, 5.74) is 4.21. The Balaban J connectivity index is 1.62. The minimum Gasteiger partial charge on any atom is -0.381 e. The molecule has 2 aromatic carbocycles. The summed E-state index contributed by atoms with van der Waals surface area (Å²) in [5, 5.41) is 3.51. The molecule has 1 aliphatic heterocycles. The van der Waals surface area contributed by atoms with Crippen LogP contribution < -0.4 is 10.9 Å². The monoisotopic (exact) mass is 462 g/mol. The third-order valence-corrected chi connectivity index (χ3v) is 6.54. The molecule has 0 radical (unpaired) electrons. The fraction of sp³-hybridized carbons (Fsp3) is 0.429. The van der Waals surface area contributed by atoms with Gasteiger partial charge in [-0.15, -0.1) is 0 Å². The predicted molar refractivity (Wildman–Crippen MR) is 140 cm³/mol. The molecule has 5 nitrogen and oxygen atoms in total. The predicted octanol–water partition coefficient (Wildman–Crippen LogP) is 5.43. The van der Waals surface area contributed by atoms with Crippen molar-refractivity contribution >= 4 is 28.2 Å². The van der Waals surface area contributed by atoms with Crippen molar-refractivity contribution in [1.82, 2.24) is 14.5 Å². The third-order valence-electron chi connectivity index (χ3n) is 6.54. The highest BCUT2D eigenvalue weighted by Crippen LogP contribution is 2.29. The van der Waals surface area contributed by atoms with E-state index in [0.29, 0.717) is 41.4 Å². The standard InChI is InChI=1S/C28H35FN4O/c1-5-32(6-2)14-12-30-26-18-25-23(17-24(26)29)28(34)33-13-11-22(27(33)31-25)16-21-9-7-20(8-10-21)15-19(3)4/h7-10,16-19,30H,5-6,11-15H2,1-4H3/b22-16+. The average molecular weight is 463 g/mol. The summed E-state index contributed by atoms with van der Waals surface area (Å²) in [6, 6.07) is 11.6. The number of hydrogen-bond acceptors (Lipinski definition) is 4. The summed E-state index contributed by atoms with van der Waals surface area (Å²) in [7, 11) is 0. The number of halogens is 1. The van der Waals surface area contributed by atoms with Gasteiger partial charge < -0.3 is 10.2 Å². The summed E-state index contributed by atoms with van der Waals surface area (Å²) >= 11 is 0. The van der Waals surface area contributed by atoms with Crippen LogP contribution in [0.2, 0.25) is 0 Å². The average Bonchev–Trinajstić information content (AvgIpc) is 3.21. The van der Waals surface area contributed by atoms with Crippen molar-refractivity contribution in [3.8, 4) is 0 Å². The second-order valence-corrected chi connectivity index (χ2v) is 9.45. The number of likely N-dealkylation sites (N-methyl/N-ethyl adjacent to an activating group) is 1. The molecule has 3 aromatic rings. The molecule has 2 heterocycles. The van der Waals surface area contributed by atoms with Gasteiger partial charge >= 0.3 is 0 Å². The summed E-state index contributed by atoms with van der Waals surface area (Å²) in [4.78, 5) is 20.2. The Morgan fingerprint density at radius 2 is 1.91 bits per heavy atom. The topological polar surface area (TPSA) is 50.2 Å². The van der Waals surface area contributed by atoms with Crippen molar-refractivity contribution in [3.63, 3.8) is 0 Å². The number of anilines is 1. The number of hydrogen-bond donors (Lipinski definition) is 1. The molecule has 4 rings (SSSR count). The Bertz CT molecular complexity index is 1240. The fourth-order valence-corrected chi connectivity index (χ4v) is 4.62. The molecule has 0 fully saturated rings. The number of nitrogens with one attached hydrogen (secondary N) is 1. The number of allylic oxidation sites excluding steroid dienone is 1. The molecule has 6 heteroatoms. The first-order valence-electron chi connectivity index (χ1n) is 12.4. The van der Waals surface area contributed by atoms with Crippen LogP contribution in [-0.4, -0.2) is 40.6 Å². The quantitative estimate of drug-likeness (QED) is 0.461. The number of nitrogens with zero attached hydrogens (tertiary/aromatic N) is 3. The van der Waals surface area contributed by atoms with Crippen LogP contribution in [0.3, 0.4) is 0 Å². The number of rotatable bonds is 9. The van der Waals surface area contributed by atoms with Gasteiger partial charge in [0.1, 0.15) is 11.6 Å². The molecular formula is C28H35FN4O. The normalized spacial score (nSPS) is 14.5. The number of benzene rings is 2. The summed E-state index contributed by atoms with van der Waals surface area (Å²) in [5.74, 6) is 0.892. The van der Waals surface area contributed by atoms with Gasteiger partial charge in [0, 0.05) is 19.6 Å². The first kappa shape index (κ1) is 24.1. The Hall–Kier alpha value is -2.99. The second kappa shape index (κ2) is 10.5. The highest BCUT2D eigenvalue weighted by atomic mass is 19.1. The Kier molecular flexibility index (Phi) is 7.47. The minimum absolute atomic E-state index is 0.177. The van der Waals surface area contributed by atoms with E-state index >= 15 is 0 Å². The van der Waals surface area contributed by atoms with Crippen molar-refractivity contribution in [2.45, 2.75) is 47.1 Å². The Morgan fingerprint density at radius 3 is 2.59 bits per heavy atom. The van der Waals surface area contributed by atoms with Gasteiger partial charge in [0.15, 0.2) is 0 Å². The van der Waals surface area contributed by atoms with Crippen LogP contribution in [-0.2, 0) is 13.0 Å². The van der Waals surface area contributed by atoms with Crippen LogP contribution in [0.25, 0.3) is 22.6 Å². The van der Waals surface area contributed by atoms with Gasteiger partial charge in [0.05, 0.1) is 16.6 Å². The van der Waals surface area contributed by atoms with Gasteiger partial charge in [-0.3, -0.25) is 9.36 Å². The molecule has 0 bridgehead atoms. The van der Waals surface area contributed by atoms with E-state index in [0.717, 1.165) is 43.6 Å². The van der Waals surface area contributed by atoms with Crippen molar-refractivity contribution in [2.75, 3.05) is 31.5 Å². The molecule has 0 saturated carbocycles. The van der Waals surface area contributed by atoms with Crippen LogP contribution in [0.5, 0.6) is 0 Å². The van der Waals surface area contributed by atoms with E-state index in [2.05, 4.69) is 68.3 Å². The van der Waals surface area contributed by atoms with Gasteiger partial charge in [-0.2, -0.15) is 0 Å². The lowest BCUT2D eigenvalue weighted by Gasteiger charge is -2.18. The van der Waals surface area contributed by atoms with Crippen molar-refractivity contribution < 1.29 is 4.39 Å². The molecule has 0 unspecified atom stereocenters. The van der Waals surface area contributed by atoms with Crippen LogP contribution in [0.15, 0.2) is 41.2 Å². The van der Waals surface area contributed by atoms with E-state index in [-0.39, 0.29) is 5.56 Å². The van der Waals surface area contributed by atoms with Crippen molar-refractivity contribution in [1.29, 1.82) is 0 Å². The van der Waals surface area contributed by atoms with Crippen molar-refractivity contribution in [3.05, 3.63) is 69.5 Å². The first-order chi connectivity index (χ1) is 16.4. The molecule has 180 valence electrons. The molecule has 0 atom stereocenters. The number of aromatic nitrogens is 2. The lowest BCUT2D eigenvalue weighted by Crippen LogP contribution is -2.28. The lowest BCUT2D eigenvalue weighted by atomic mass is 10.0. The molecule has 1 aliphatic rings. The van der Waals surface area contributed by atoms with E-state index in [1.807, 2.05) is 0 Å². The molecule has 1 N–H and O–H groups in total. The van der Waals surface area contributed by atoms with E-state index in [1.165, 1.54) is 11.6 Å². The third kappa shape index (κ3) is 5.22. The van der Waals surface area contributed by atoms with E-state index < -0.39 is 5.82 Å². The smallest absolute Gasteiger partial charge is 0.261 e. The SMILES string of the molecule is CCN(CC)CCNc1cc2nc3n(c(=O)c2cc1F)CC/C3=C\c1ccc(CC(C)C)cc1. The zero-order valence-corrected chi connectivity index (χ0v) is 20.7. The van der Waals surface area contributed by atoms with Crippen LogP contribution in [0.1, 0.15) is 51.1 Å². The van der Waals surface area contributed by atoms with Crippen molar-refractivity contribution in [2.24, 2.45) is 5.92 Å². The second-order valence-electron chi connectivity index (χ2n) is 9.45. The Morgan fingerprint density at radius 1 is 1.18 bits per heavy atom. The number of fused-ring (bicyclic) bond motifs is 2. The van der Waals surface area contributed by atoms with E-state index in [4.69, 9.17) is 4.98 Å². The maximum atomic E-state index is 14.8. The molecule has 0 aliphatic carbocycles.